The van der Waals surface area contributed by atoms with Crippen LogP contribution in [-0.2, 0) is 0 Å². The molecule has 39 heavy (non-hydrogen) atoms. The standard InChI is InChI=1S/C36H20N2O/c1-2-9-21(10-3-1)37-30-15-6-4-11-22(30)26-17-27-24-13-8-14-25-28-19-35-29(23-12-5-7-16-34(23)39-35)18-31(28)38(36(24)25)33(27)20-32(26)37/h1-20H. The zero-order chi connectivity index (χ0) is 25.2. The molecule has 0 unspecified atom stereocenters. The molecule has 0 saturated carbocycles. The number of hydrogen-bond acceptors (Lipinski definition) is 1. The minimum absolute atomic E-state index is 0.932. The fraction of sp³-hybridized carbons (Fsp3) is 0. The summed E-state index contributed by atoms with van der Waals surface area (Å²) in [6.45, 7) is 0. The number of aromatic nitrogens is 2. The average molecular weight is 497 g/mol. The van der Waals surface area contributed by atoms with E-state index in [2.05, 4.69) is 124 Å². The molecule has 4 aromatic heterocycles. The Labute approximate surface area is 222 Å². The Morgan fingerprint density at radius 2 is 1.05 bits per heavy atom. The third-order valence-corrected chi connectivity index (χ3v) is 8.62. The predicted octanol–water partition coefficient (Wildman–Crippen LogP) is 9.83. The van der Waals surface area contributed by atoms with Crippen LogP contribution < -0.4 is 0 Å². The highest BCUT2D eigenvalue weighted by Crippen LogP contribution is 2.44. The summed E-state index contributed by atoms with van der Waals surface area (Å²) < 4.78 is 11.2. The summed E-state index contributed by atoms with van der Waals surface area (Å²) in [7, 11) is 0. The number of hydrogen-bond donors (Lipinski definition) is 0. The molecule has 3 heteroatoms. The van der Waals surface area contributed by atoms with Crippen molar-refractivity contribution in [3.05, 3.63) is 121 Å². The molecule has 0 aliphatic carbocycles. The number of benzene rings is 6. The van der Waals surface area contributed by atoms with Crippen LogP contribution in [0.1, 0.15) is 0 Å². The first-order chi connectivity index (χ1) is 19.3. The van der Waals surface area contributed by atoms with Crippen LogP contribution in [0.2, 0.25) is 0 Å². The second kappa shape index (κ2) is 6.77. The molecule has 180 valence electrons. The quantitative estimate of drug-likeness (QED) is 0.222. The summed E-state index contributed by atoms with van der Waals surface area (Å²) in [5.74, 6) is 0. The van der Waals surface area contributed by atoms with Gasteiger partial charge in [0, 0.05) is 48.8 Å². The lowest BCUT2D eigenvalue weighted by atomic mass is 10.0. The molecule has 6 aromatic carbocycles. The summed E-state index contributed by atoms with van der Waals surface area (Å²) in [6.07, 6.45) is 0. The molecule has 0 radical (unpaired) electrons. The molecular weight excluding hydrogens is 476 g/mol. The fourth-order valence-electron chi connectivity index (χ4n) is 7.01. The van der Waals surface area contributed by atoms with Crippen LogP contribution in [0, 0.1) is 0 Å². The van der Waals surface area contributed by atoms with Gasteiger partial charge in [0.15, 0.2) is 0 Å². The van der Waals surface area contributed by atoms with Gasteiger partial charge < -0.3 is 13.4 Å². The smallest absolute Gasteiger partial charge is 0.136 e. The number of fused-ring (bicyclic) bond motifs is 12. The molecule has 0 aliphatic heterocycles. The number of para-hydroxylation sites is 4. The molecule has 10 aromatic rings. The van der Waals surface area contributed by atoms with E-state index in [0.29, 0.717) is 0 Å². The predicted molar refractivity (Wildman–Crippen MR) is 163 cm³/mol. The van der Waals surface area contributed by atoms with Crippen molar-refractivity contribution in [3.8, 4) is 5.69 Å². The summed E-state index contributed by atoms with van der Waals surface area (Å²) in [5.41, 5.74) is 9.22. The minimum atomic E-state index is 0.932. The van der Waals surface area contributed by atoms with Gasteiger partial charge in [-0.15, -0.1) is 0 Å². The van der Waals surface area contributed by atoms with E-state index in [4.69, 9.17) is 4.42 Å². The summed E-state index contributed by atoms with van der Waals surface area (Å²) in [4.78, 5) is 0. The molecular formula is C36H20N2O. The van der Waals surface area contributed by atoms with Gasteiger partial charge in [0.05, 0.1) is 27.6 Å². The van der Waals surface area contributed by atoms with Gasteiger partial charge in [-0.1, -0.05) is 72.8 Å². The van der Waals surface area contributed by atoms with E-state index in [1.807, 2.05) is 6.07 Å². The van der Waals surface area contributed by atoms with E-state index in [1.54, 1.807) is 0 Å². The number of furan rings is 1. The Morgan fingerprint density at radius 3 is 1.92 bits per heavy atom. The summed E-state index contributed by atoms with van der Waals surface area (Å²) in [6, 6.07) is 43.8. The van der Waals surface area contributed by atoms with Crippen molar-refractivity contribution in [1.29, 1.82) is 0 Å². The molecule has 0 atom stereocenters. The molecule has 10 rings (SSSR count). The van der Waals surface area contributed by atoms with E-state index in [1.165, 1.54) is 65.6 Å². The lowest BCUT2D eigenvalue weighted by Gasteiger charge is -2.08. The lowest BCUT2D eigenvalue weighted by Crippen LogP contribution is -1.93. The van der Waals surface area contributed by atoms with E-state index in [0.717, 1.165) is 21.9 Å². The van der Waals surface area contributed by atoms with E-state index in [9.17, 15) is 0 Å². The third kappa shape index (κ3) is 2.35. The molecule has 0 amide bonds. The average Bonchev–Trinajstić information content (AvgIpc) is 3.70. The van der Waals surface area contributed by atoms with Gasteiger partial charge >= 0.3 is 0 Å². The molecule has 0 fully saturated rings. The highest BCUT2D eigenvalue weighted by Gasteiger charge is 2.21. The van der Waals surface area contributed by atoms with Crippen LogP contribution in [0.15, 0.2) is 126 Å². The molecule has 4 heterocycles. The molecule has 0 saturated heterocycles. The topological polar surface area (TPSA) is 22.5 Å². The lowest BCUT2D eigenvalue weighted by molar-refractivity contribution is 0.669. The second-order valence-corrected chi connectivity index (χ2v) is 10.6. The molecule has 0 aliphatic rings. The first-order valence-electron chi connectivity index (χ1n) is 13.4. The van der Waals surface area contributed by atoms with Crippen molar-refractivity contribution in [2.45, 2.75) is 0 Å². The van der Waals surface area contributed by atoms with Gasteiger partial charge in [0.2, 0.25) is 0 Å². The minimum Gasteiger partial charge on any atom is -0.456 e. The maximum absolute atomic E-state index is 6.28. The van der Waals surface area contributed by atoms with Gasteiger partial charge in [0.1, 0.15) is 11.2 Å². The van der Waals surface area contributed by atoms with E-state index < -0.39 is 0 Å². The summed E-state index contributed by atoms with van der Waals surface area (Å²) >= 11 is 0. The third-order valence-electron chi connectivity index (χ3n) is 8.62. The van der Waals surface area contributed by atoms with Crippen molar-refractivity contribution in [2.75, 3.05) is 0 Å². The van der Waals surface area contributed by atoms with Crippen LogP contribution in [-0.4, -0.2) is 8.97 Å². The highest BCUT2D eigenvalue weighted by atomic mass is 16.3. The monoisotopic (exact) mass is 496 g/mol. The number of nitrogens with zero attached hydrogens (tertiary/aromatic N) is 2. The van der Waals surface area contributed by atoms with Gasteiger partial charge in [-0.2, -0.15) is 0 Å². The number of rotatable bonds is 1. The van der Waals surface area contributed by atoms with Gasteiger partial charge in [-0.25, -0.2) is 0 Å². The Kier molecular flexibility index (Phi) is 3.44. The summed E-state index contributed by atoms with van der Waals surface area (Å²) in [5, 5.41) is 9.95. The van der Waals surface area contributed by atoms with Crippen LogP contribution in [0.3, 0.4) is 0 Å². The van der Waals surface area contributed by atoms with E-state index >= 15 is 0 Å². The molecule has 0 spiro atoms. The molecule has 0 N–H and O–H groups in total. The van der Waals surface area contributed by atoms with Crippen LogP contribution >= 0.6 is 0 Å². The Balaban J connectivity index is 1.45. The Bertz CT molecular complexity index is 2600. The van der Waals surface area contributed by atoms with Crippen molar-refractivity contribution < 1.29 is 4.42 Å². The van der Waals surface area contributed by atoms with E-state index in [-0.39, 0.29) is 0 Å². The van der Waals surface area contributed by atoms with Crippen LogP contribution in [0.5, 0.6) is 0 Å². The van der Waals surface area contributed by atoms with Gasteiger partial charge in [0.25, 0.3) is 0 Å². The van der Waals surface area contributed by atoms with Gasteiger partial charge in [-0.3, -0.25) is 0 Å². The maximum atomic E-state index is 6.28. The fourth-order valence-corrected chi connectivity index (χ4v) is 7.01. The highest BCUT2D eigenvalue weighted by molar-refractivity contribution is 6.27. The second-order valence-electron chi connectivity index (χ2n) is 10.6. The zero-order valence-electron chi connectivity index (χ0n) is 20.8. The normalized spacial score (nSPS) is 12.6. The molecule has 3 nitrogen and oxygen atoms in total. The molecule has 0 bridgehead atoms. The SMILES string of the molecule is c1ccc(-n2c3ccccc3c3cc4c5cccc6c7cc8oc9ccccc9c8cc7n(c4cc32)c65)cc1. The zero-order valence-corrected chi connectivity index (χ0v) is 20.8. The Morgan fingerprint density at radius 1 is 0.385 bits per heavy atom. The Hall–Kier alpha value is -5.28. The van der Waals surface area contributed by atoms with Crippen LogP contribution in [0.25, 0.3) is 87.5 Å². The van der Waals surface area contributed by atoms with Gasteiger partial charge in [-0.05, 0) is 48.5 Å². The van der Waals surface area contributed by atoms with Crippen molar-refractivity contribution in [3.63, 3.8) is 0 Å². The first kappa shape index (κ1) is 19.8. The van der Waals surface area contributed by atoms with Crippen molar-refractivity contribution in [1.82, 2.24) is 8.97 Å². The van der Waals surface area contributed by atoms with Crippen molar-refractivity contribution >= 4 is 81.8 Å². The van der Waals surface area contributed by atoms with Crippen molar-refractivity contribution in [2.24, 2.45) is 0 Å². The largest absolute Gasteiger partial charge is 0.456 e. The maximum Gasteiger partial charge on any atom is 0.136 e. The first-order valence-corrected chi connectivity index (χ1v) is 13.4. The van der Waals surface area contributed by atoms with Crippen LogP contribution in [0.4, 0.5) is 0 Å².